The van der Waals surface area contributed by atoms with Crippen LogP contribution in [0.15, 0.2) is 65.8 Å². The van der Waals surface area contributed by atoms with Gasteiger partial charge < -0.3 is 28.1 Å². The van der Waals surface area contributed by atoms with E-state index >= 15 is 0 Å². The number of nitrogens with zero attached hydrogens (tertiary/aromatic N) is 3. The molecule has 226 valence electrons. The molecule has 2 fully saturated rings. The lowest BCUT2D eigenvalue weighted by Crippen LogP contribution is -2.53. The van der Waals surface area contributed by atoms with Crippen LogP contribution >= 0.6 is 0 Å². The van der Waals surface area contributed by atoms with Gasteiger partial charge in [0.25, 0.3) is 0 Å². The first-order valence-electron chi connectivity index (χ1n) is 13.9. The van der Waals surface area contributed by atoms with Crippen LogP contribution < -0.4 is 0 Å². The van der Waals surface area contributed by atoms with Crippen molar-refractivity contribution in [3.8, 4) is 0 Å². The SMILES string of the molecule is CC1(C)O[C@H]2[C@@H]([C@H](CO[Si](C)(C)C(C)(C)C)N=[N+]=[N-])OC(OC(=O)c3ccccc3)[C@@]2(COC(=O)c2ccccc2)O1. The van der Waals surface area contributed by atoms with E-state index in [0.717, 1.165) is 0 Å². The average molecular weight is 598 g/mol. The summed E-state index contributed by atoms with van der Waals surface area (Å²) in [5, 5.41) is 3.92. The molecule has 0 aromatic heterocycles. The molecule has 1 unspecified atom stereocenters. The Morgan fingerprint density at radius 1 is 1.02 bits per heavy atom. The Labute approximate surface area is 247 Å². The molecule has 42 heavy (non-hydrogen) atoms. The van der Waals surface area contributed by atoms with Gasteiger partial charge in [0, 0.05) is 11.5 Å². The van der Waals surface area contributed by atoms with Crippen LogP contribution in [0.25, 0.3) is 10.4 Å². The van der Waals surface area contributed by atoms with Gasteiger partial charge in [-0.05, 0) is 61.8 Å². The van der Waals surface area contributed by atoms with Crippen molar-refractivity contribution >= 4 is 20.3 Å². The number of azide groups is 1. The molecule has 2 aliphatic rings. The maximum Gasteiger partial charge on any atom is 0.340 e. The summed E-state index contributed by atoms with van der Waals surface area (Å²) in [7, 11) is -2.25. The Morgan fingerprint density at radius 2 is 1.60 bits per heavy atom. The van der Waals surface area contributed by atoms with Crippen molar-refractivity contribution in [3.63, 3.8) is 0 Å². The molecular formula is C30H39N3O8Si. The third-order valence-corrected chi connectivity index (χ3v) is 12.5. The number of rotatable bonds is 10. The van der Waals surface area contributed by atoms with Crippen molar-refractivity contribution in [3.05, 3.63) is 82.2 Å². The molecule has 2 aliphatic heterocycles. The smallest absolute Gasteiger partial charge is 0.340 e. The van der Waals surface area contributed by atoms with Gasteiger partial charge in [-0.2, -0.15) is 0 Å². The fourth-order valence-electron chi connectivity index (χ4n) is 4.75. The Morgan fingerprint density at radius 3 is 2.14 bits per heavy atom. The van der Waals surface area contributed by atoms with Gasteiger partial charge in [-0.15, -0.1) is 0 Å². The largest absolute Gasteiger partial charge is 0.459 e. The van der Waals surface area contributed by atoms with Crippen LogP contribution in [0.1, 0.15) is 55.3 Å². The summed E-state index contributed by atoms with van der Waals surface area (Å²) in [4.78, 5) is 29.2. The van der Waals surface area contributed by atoms with Crippen LogP contribution in [-0.4, -0.2) is 69.4 Å². The fourth-order valence-corrected chi connectivity index (χ4v) is 5.77. The number of carbonyl (C=O) groups is 2. The number of hydrogen-bond acceptors (Lipinski definition) is 9. The van der Waals surface area contributed by atoms with Crippen LogP contribution in [0.5, 0.6) is 0 Å². The highest BCUT2D eigenvalue weighted by molar-refractivity contribution is 6.74. The second-order valence-electron chi connectivity index (χ2n) is 12.5. The molecule has 0 spiro atoms. The Hall–Kier alpha value is -3.25. The van der Waals surface area contributed by atoms with E-state index in [0.29, 0.717) is 11.1 Å². The molecule has 0 bridgehead atoms. The molecule has 5 atom stereocenters. The van der Waals surface area contributed by atoms with E-state index in [1.807, 2.05) is 0 Å². The zero-order valence-electron chi connectivity index (χ0n) is 25.1. The Kier molecular flexibility index (Phi) is 9.17. The number of esters is 2. The maximum atomic E-state index is 13.2. The second-order valence-corrected chi connectivity index (χ2v) is 17.3. The minimum absolute atomic E-state index is 0.0464. The molecule has 0 saturated carbocycles. The first-order valence-corrected chi connectivity index (χ1v) is 16.8. The van der Waals surface area contributed by atoms with E-state index in [-0.39, 0.29) is 18.3 Å². The van der Waals surface area contributed by atoms with Gasteiger partial charge in [-0.1, -0.05) is 62.3 Å². The monoisotopic (exact) mass is 597 g/mol. The highest BCUT2D eigenvalue weighted by Gasteiger charge is 2.69. The molecular weight excluding hydrogens is 558 g/mol. The Balaban J connectivity index is 1.69. The van der Waals surface area contributed by atoms with E-state index in [2.05, 4.69) is 43.9 Å². The first-order chi connectivity index (χ1) is 19.7. The van der Waals surface area contributed by atoms with Gasteiger partial charge >= 0.3 is 11.9 Å². The first kappa shape index (κ1) is 31.7. The van der Waals surface area contributed by atoms with E-state index in [1.165, 1.54) is 0 Å². The molecule has 12 heteroatoms. The molecule has 2 aromatic carbocycles. The molecule has 0 amide bonds. The van der Waals surface area contributed by atoms with E-state index in [9.17, 15) is 15.1 Å². The van der Waals surface area contributed by atoms with Gasteiger partial charge in [-0.3, -0.25) is 0 Å². The van der Waals surface area contributed by atoms with Crippen LogP contribution in [0.4, 0.5) is 0 Å². The fraction of sp³-hybridized carbons (Fsp3) is 0.533. The van der Waals surface area contributed by atoms with Gasteiger partial charge in [0.15, 0.2) is 19.7 Å². The summed E-state index contributed by atoms with van der Waals surface area (Å²) >= 11 is 0. The summed E-state index contributed by atoms with van der Waals surface area (Å²) in [5.74, 6) is -2.44. The zero-order valence-corrected chi connectivity index (χ0v) is 26.1. The van der Waals surface area contributed by atoms with Crippen LogP contribution in [0, 0.1) is 0 Å². The van der Waals surface area contributed by atoms with Crippen LogP contribution in [-0.2, 0) is 28.1 Å². The average Bonchev–Trinajstić information content (AvgIpc) is 3.37. The predicted octanol–water partition coefficient (Wildman–Crippen LogP) is 6.02. The minimum atomic E-state index is -2.25. The summed E-state index contributed by atoms with van der Waals surface area (Å²) in [5.41, 5.74) is 8.56. The topological polar surface area (TPSA) is 138 Å². The summed E-state index contributed by atoms with van der Waals surface area (Å²) < 4.78 is 37.0. The van der Waals surface area contributed by atoms with Crippen molar-refractivity contribution < 1.29 is 37.7 Å². The quantitative estimate of drug-likeness (QED) is 0.107. The number of benzene rings is 2. The lowest BCUT2D eigenvalue weighted by molar-refractivity contribution is -0.253. The minimum Gasteiger partial charge on any atom is -0.459 e. The van der Waals surface area contributed by atoms with Gasteiger partial charge in [0.2, 0.25) is 6.29 Å². The Bertz CT molecular complexity index is 1310. The third kappa shape index (κ3) is 6.70. The molecule has 4 rings (SSSR count). The van der Waals surface area contributed by atoms with Crippen molar-refractivity contribution in [2.24, 2.45) is 5.11 Å². The van der Waals surface area contributed by atoms with Crippen LogP contribution in [0.3, 0.4) is 0 Å². The van der Waals surface area contributed by atoms with Gasteiger partial charge in [0.05, 0.1) is 17.2 Å². The molecule has 11 nitrogen and oxygen atoms in total. The molecule has 2 heterocycles. The van der Waals surface area contributed by atoms with Crippen molar-refractivity contribution in [2.45, 2.75) is 88.7 Å². The second kappa shape index (κ2) is 12.2. The zero-order chi connectivity index (χ0) is 30.8. The number of hydrogen-bond donors (Lipinski definition) is 0. The van der Waals surface area contributed by atoms with Gasteiger partial charge in [-0.25, -0.2) is 9.59 Å². The standard InChI is InChI=1S/C30H39N3O8Si/c1-28(2,3)42(6,7)37-18-22(32-33-31)23-24-30(41-29(4,5)40-24,19-36-25(34)20-14-10-8-11-15-20)27(38-23)39-26(35)21-16-12-9-13-17-21/h8-17,22-24,27H,18-19H2,1-7H3/t22-,23+,24-,27?,30-/m0/s1. The van der Waals surface area contributed by atoms with Crippen molar-refractivity contribution in [1.29, 1.82) is 0 Å². The van der Waals surface area contributed by atoms with Crippen molar-refractivity contribution in [1.82, 2.24) is 0 Å². The van der Waals surface area contributed by atoms with E-state index < -0.39 is 56.2 Å². The highest BCUT2D eigenvalue weighted by Crippen LogP contribution is 2.49. The van der Waals surface area contributed by atoms with Crippen LogP contribution in [0.2, 0.25) is 18.1 Å². The summed E-state index contributed by atoms with van der Waals surface area (Å²) in [6.07, 6.45) is -3.26. The molecule has 2 aromatic rings. The van der Waals surface area contributed by atoms with Crippen molar-refractivity contribution in [2.75, 3.05) is 13.2 Å². The molecule has 2 saturated heterocycles. The van der Waals surface area contributed by atoms with E-state index in [4.69, 9.17) is 28.1 Å². The summed E-state index contributed by atoms with van der Waals surface area (Å²) in [6, 6.07) is 16.1. The third-order valence-electron chi connectivity index (χ3n) is 7.97. The predicted molar refractivity (Wildman–Crippen MR) is 156 cm³/mol. The maximum absolute atomic E-state index is 13.2. The molecule has 0 aliphatic carbocycles. The summed E-state index contributed by atoms with van der Waals surface area (Å²) in [6.45, 7) is 13.6. The number of carbonyl (C=O) groups excluding carboxylic acids is 2. The molecule has 0 radical (unpaired) electrons. The number of ether oxygens (including phenoxy) is 5. The van der Waals surface area contributed by atoms with Gasteiger partial charge in [0.1, 0.15) is 18.8 Å². The number of fused-ring (bicyclic) bond motifs is 1. The lowest BCUT2D eigenvalue weighted by atomic mass is 9.93. The lowest BCUT2D eigenvalue weighted by Gasteiger charge is -2.37. The highest BCUT2D eigenvalue weighted by atomic mass is 28.4. The normalized spacial score (nSPS) is 25.6. The van der Waals surface area contributed by atoms with E-state index in [1.54, 1.807) is 74.5 Å². The molecule has 0 N–H and O–H groups in total.